The van der Waals surface area contributed by atoms with Crippen molar-refractivity contribution in [2.45, 2.75) is 26.5 Å². The minimum atomic E-state index is -0.673. The highest BCUT2D eigenvalue weighted by molar-refractivity contribution is 5.83. The van der Waals surface area contributed by atoms with E-state index in [9.17, 15) is 9.90 Å². The van der Waals surface area contributed by atoms with Crippen molar-refractivity contribution >= 4 is 17.5 Å². The maximum atomic E-state index is 12.6. The number of hydrogen-bond donors (Lipinski definition) is 1. The molecule has 0 saturated heterocycles. The van der Waals surface area contributed by atoms with Crippen LogP contribution in [-0.4, -0.2) is 33.7 Å². The number of phenols is 1. The van der Waals surface area contributed by atoms with Gasteiger partial charge >= 0.3 is 5.97 Å². The molecule has 0 radical (unpaired) electrons. The zero-order valence-corrected chi connectivity index (χ0v) is 19.7. The van der Waals surface area contributed by atoms with Crippen LogP contribution in [0.4, 0.5) is 11.5 Å². The van der Waals surface area contributed by atoms with E-state index in [0.29, 0.717) is 23.8 Å². The average molecular weight is 470 g/mol. The molecule has 0 unspecified atom stereocenters. The highest BCUT2D eigenvalue weighted by Gasteiger charge is 2.26. The lowest BCUT2D eigenvalue weighted by Gasteiger charge is -2.29. The molecule has 3 aromatic carbocycles. The molecular weight excluding hydrogens is 442 g/mol. The number of esters is 1. The third-order valence-corrected chi connectivity index (χ3v) is 5.42. The lowest BCUT2D eigenvalue weighted by Crippen LogP contribution is -2.37. The minimum absolute atomic E-state index is 0.0870. The summed E-state index contributed by atoms with van der Waals surface area (Å²) in [5, 5.41) is 10.0. The Kier molecular flexibility index (Phi) is 7.57. The van der Waals surface area contributed by atoms with Crippen LogP contribution in [0.3, 0.4) is 0 Å². The van der Waals surface area contributed by atoms with Crippen molar-refractivity contribution in [2.75, 3.05) is 11.5 Å². The molecule has 1 heterocycles. The number of carbonyl (C=O) groups is 1. The van der Waals surface area contributed by atoms with Gasteiger partial charge in [0.15, 0.2) is 0 Å². The van der Waals surface area contributed by atoms with E-state index in [1.54, 1.807) is 49.1 Å². The number of anilines is 2. The second-order valence-electron chi connectivity index (χ2n) is 7.88. The molecule has 4 aromatic rings. The first-order chi connectivity index (χ1) is 17.0. The van der Waals surface area contributed by atoms with Crippen molar-refractivity contribution in [3.05, 3.63) is 96.8 Å². The maximum Gasteiger partial charge on any atom is 0.328 e. The van der Waals surface area contributed by atoms with Crippen molar-refractivity contribution in [1.29, 1.82) is 0 Å². The fourth-order valence-electron chi connectivity index (χ4n) is 3.66. The van der Waals surface area contributed by atoms with Gasteiger partial charge in [-0.1, -0.05) is 36.4 Å². The first-order valence-corrected chi connectivity index (χ1v) is 11.4. The van der Waals surface area contributed by atoms with Gasteiger partial charge in [0.1, 0.15) is 36.3 Å². The van der Waals surface area contributed by atoms with Crippen LogP contribution in [0.2, 0.25) is 0 Å². The Morgan fingerprint density at radius 3 is 2.46 bits per heavy atom. The van der Waals surface area contributed by atoms with Crippen LogP contribution in [0.5, 0.6) is 11.5 Å². The van der Waals surface area contributed by atoms with Gasteiger partial charge in [0.05, 0.1) is 12.3 Å². The Morgan fingerprint density at radius 2 is 1.74 bits per heavy atom. The number of phenolic OH excluding ortho intramolecular Hbond substituents is 1. The minimum Gasteiger partial charge on any atom is -0.508 e. The second-order valence-corrected chi connectivity index (χ2v) is 7.88. The van der Waals surface area contributed by atoms with Gasteiger partial charge in [-0.2, -0.15) is 0 Å². The fraction of sp³-hybridized carbons (Fsp3) is 0.179. The van der Waals surface area contributed by atoms with Gasteiger partial charge in [0, 0.05) is 23.4 Å². The predicted molar refractivity (Wildman–Crippen MR) is 135 cm³/mol. The average Bonchev–Trinajstić information content (AvgIpc) is 2.89. The van der Waals surface area contributed by atoms with E-state index >= 15 is 0 Å². The summed E-state index contributed by atoms with van der Waals surface area (Å²) in [6, 6.07) is 25.4. The molecule has 178 valence electrons. The smallest absolute Gasteiger partial charge is 0.328 e. The van der Waals surface area contributed by atoms with Crippen LogP contribution < -0.4 is 9.64 Å². The van der Waals surface area contributed by atoms with Crippen molar-refractivity contribution < 1.29 is 19.4 Å². The summed E-state index contributed by atoms with van der Waals surface area (Å²) in [5.74, 6) is 0.953. The molecule has 0 fully saturated rings. The number of rotatable bonds is 9. The molecule has 0 amide bonds. The number of aromatic nitrogens is 2. The van der Waals surface area contributed by atoms with E-state index in [2.05, 4.69) is 9.97 Å². The van der Waals surface area contributed by atoms with Gasteiger partial charge in [-0.15, -0.1) is 0 Å². The molecule has 4 rings (SSSR count). The molecule has 0 aliphatic rings. The van der Waals surface area contributed by atoms with Gasteiger partial charge in [0.25, 0.3) is 0 Å². The van der Waals surface area contributed by atoms with E-state index < -0.39 is 12.0 Å². The van der Waals surface area contributed by atoms with E-state index in [1.807, 2.05) is 54.6 Å². The summed E-state index contributed by atoms with van der Waals surface area (Å²) < 4.78 is 11.1. The molecule has 7 nitrogen and oxygen atoms in total. The largest absolute Gasteiger partial charge is 0.508 e. The first kappa shape index (κ1) is 23.8. The highest BCUT2D eigenvalue weighted by atomic mass is 16.5. The molecule has 1 aromatic heterocycles. The van der Waals surface area contributed by atoms with Crippen molar-refractivity contribution in [1.82, 2.24) is 9.97 Å². The summed E-state index contributed by atoms with van der Waals surface area (Å²) in [5.41, 5.74) is 3.27. The van der Waals surface area contributed by atoms with Crippen molar-refractivity contribution in [3.8, 4) is 22.8 Å². The topological polar surface area (TPSA) is 84.8 Å². The van der Waals surface area contributed by atoms with Crippen molar-refractivity contribution in [3.63, 3.8) is 0 Å². The number of benzene rings is 3. The van der Waals surface area contributed by atoms with Crippen LogP contribution in [0.1, 0.15) is 19.4 Å². The van der Waals surface area contributed by atoms with Gasteiger partial charge in [-0.05, 0) is 55.8 Å². The zero-order valence-electron chi connectivity index (χ0n) is 19.7. The molecule has 1 N–H and O–H groups in total. The predicted octanol–water partition coefficient (Wildman–Crippen LogP) is 5.52. The Morgan fingerprint density at radius 1 is 0.971 bits per heavy atom. The normalized spacial score (nSPS) is 11.5. The fourth-order valence-corrected chi connectivity index (χ4v) is 3.66. The molecule has 0 aliphatic heterocycles. The number of ether oxygens (including phenoxy) is 2. The van der Waals surface area contributed by atoms with Crippen LogP contribution >= 0.6 is 0 Å². The lowest BCUT2D eigenvalue weighted by atomic mass is 10.1. The van der Waals surface area contributed by atoms with E-state index in [4.69, 9.17) is 9.47 Å². The molecular formula is C28H27N3O4. The SMILES string of the molecule is CCOC(=O)[C@H](C)N(c1cccc(O)c1)c1cc(-c2ccc(OCc3ccccc3)cc2)ncn1. The Bertz CT molecular complexity index is 1260. The maximum absolute atomic E-state index is 12.6. The van der Waals surface area contributed by atoms with Crippen molar-refractivity contribution in [2.24, 2.45) is 0 Å². The van der Waals surface area contributed by atoms with Gasteiger partial charge < -0.3 is 19.5 Å². The molecule has 1 atom stereocenters. The summed E-state index contributed by atoms with van der Waals surface area (Å²) in [4.78, 5) is 23.2. The quantitative estimate of drug-likeness (QED) is 0.323. The van der Waals surface area contributed by atoms with Crippen LogP contribution in [0.15, 0.2) is 91.3 Å². The number of aromatic hydroxyl groups is 1. The summed E-state index contributed by atoms with van der Waals surface area (Å²) >= 11 is 0. The van der Waals surface area contributed by atoms with E-state index in [0.717, 1.165) is 16.9 Å². The Labute approximate surface area is 204 Å². The molecule has 0 spiro atoms. The monoisotopic (exact) mass is 469 g/mol. The number of nitrogens with zero attached hydrogens (tertiary/aromatic N) is 3. The molecule has 0 bridgehead atoms. The van der Waals surface area contributed by atoms with E-state index in [-0.39, 0.29) is 12.4 Å². The Hall–Kier alpha value is -4.39. The van der Waals surface area contributed by atoms with Gasteiger partial charge in [-0.25, -0.2) is 14.8 Å². The zero-order chi connectivity index (χ0) is 24.6. The van der Waals surface area contributed by atoms with E-state index in [1.165, 1.54) is 6.33 Å². The summed E-state index contributed by atoms with van der Waals surface area (Å²) in [6.45, 7) is 4.26. The first-order valence-electron chi connectivity index (χ1n) is 11.4. The van der Waals surface area contributed by atoms with Crippen LogP contribution in [-0.2, 0) is 16.1 Å². The lowest BCUT2D eigenvalue weighted by molar-refractivity contribution is -0.144. The van der Waals surface area contributed by atoms with Crippen LogP contribution in [0.25, 0.3) is 11.3 Å². The van der Waals surface area contributed by atoms with Gasteiger partial charge in [-0.3, -0.25) is 0 Å². The van der Waals surface area contributed by atoms with Crippen LogP contribution in [0, 0.1) is 0 Å². The molecule has 35 heavy (non-hydrogen) atoms. The molecule has 0 aliphatic carbocycles. The highest BCUT2D eigenvalue weighted by Crippen LogP contribution is 2.31. The number of hydrogen-bond acceptors (Lipinski definition) is 7. The second kappa shape index (κ2) is 11.2. The molecule has 7 heteroatoms. The summed E-state index contributed by atoms with van der Waals surface area (Å²) in [7, 11) is 0. The van der Waals surface area contributed by atoms with Gasteiger partial charge in [0.2, 0.25) is 0 Å². The third kappa shape index (κ3) is 5.95. The third-order valence-electron chi connectivity index (χ3n) is 5.42. The number of carbonyl (C=O) groups excluding carboxylic acids is 1. The Balaban J connectivity index is 1.59. The molecule has 0 saturated carbocycles. The standard InChI is InChI=1S/C28H27N3O4/c1-3-34-28(33)20(2)31(23-10-7-11-24(32)16-23)27-17-26(29-19-30-27)22-12-14-25(15-13-22)35-18-21-8-5-4-6-9-21/h4-17,19-20,32H,3,18H2,1-2H3/t20-/m0/s1. The summed E-state index contributed by atoms with van der Waals surface area (Å²) in [6.07, 6.45) is 1.46.